The van der Waals surface area contributed by atoms with Crippen LogP contribution in [0.15, 0.2) is 42.7 Å². The van der Waals surface area contributed by atoms with E-state index in [-0.39, 0.29) is 5.91 Å². The molecule has 2 heterocycles. The van der Waals surface area contributed by atoms with Crippen LogP contribution >= 0.6 is 0 Å². The standard InChI is InChI=1S/C14H13N3O/c15-12-9-16-7-5-11(12)14(18)17-8-6-10-3-1-2-4-13(10)17/h1-5,7,9H,6,8,15H2. The summed E-state index contributed by atoms with van der Waals surface area (Å²) in [4.78, 5) is 18.1. The Bertz CT molecular complexity index is 609. The highest BCUT2D eigenvalue weighted by molar-refractivity contribution is 6.10. The van der Waals surface area contributed by atoms with E-state index in [2.05, 4.69) is 11.1 Å². The van der Waals surface area contributed by atoms with Crippen molar-refractivity contribution in [2.45, 2.75) is 6.42 Å². The van der Waals surface area contributed by atoms with Gasteiger partial charge < -0.3 is 10.6 Å². The summed E-state index contributed by atoms with van der Waals surface area (Å²) in [6.07, 6.45) is 3.99. The first-order valence-electron chi connectivity index (χ1n) is 5.86. The monoisotopic (exact) mass is 239 g/mol. The van der Waals surface area contributed by atoms with Crippen molar-refractivity contribution in [2.75, 3.05) is 17.2 Å². The number of carbonyl (C=O) groups excluding carboxylic acids is 1. The summed E-state index contributed by atoms with van der Waals surface area (Å²) >= 11 is 0. The number of fused-ring (bicyclic) bond motifs is 1. The number of anilines is 2. The number of para-hydroxylation sites is 1. The minimum absolute atomic E-state index is 0.0557. The van der Waals surface area contributed by atoms with E-state index in [1.165, 1.54) is 11.8 Å². The highest BCUT2D eigenvalue weighted by Crippen LogP contribution is 2.29. The number of benzene rings is 1. The Balaban J connectivity index is 1.99. The average Bonchev–Trinajstić information content (AvgIpc) is 2.82. The number of nitrogens with zero attached hydrogens (tertiary/aromatic N) is 2. The molecule has 0 bridgehead atoms. The zero-order valence-corrected chi connectivity index (χ0v) is 9.84. The van der Waals surface area contributed by atoms with Crippen molar-refractivity contribution in [1.29, 1.82) is 0 Å². The molecule has 0 atom stereocenters. The van der Waals surface area contributed by atoms with Crippen LogP contribution in [0.2, 0.25) is 0 Å². The Hall–Kier alpha value is -2.36. The number of carbonyl (C=O) groups is 1. The molecule has 2 aromatic rings. The summed E-state index contributed by atoms with van der Waals surface area (Å²) in [5.41, 5.74) is 8.93. The number of hydrogen-bond donors (Lipinski definition) is 1. The molecular weight excluding hydrogens is 226 g/mol. The minimum Gasteiger partial charge on any atom is -0.397 e. The third-order valence-electron chi connectivity index (χ3n) is 3.21. The smallest absolute Gasteiger partial charge is 0.260 e. The Morgan fingerprint density at radius 3 is 2.94 bits per heavy atom. The van der Waals surface area contributed by atoms with Gasteiger partial charge in [-0.15, -0.1) is 0 Å². The second kappa shape index (κ2) is 4.14. The van der Waals surface area contributed by atoms with Crippen LogP contribution in [-0.4, -0.2) is 17.4 Å². The first-order valence-corrected chi connectivity index (χ1v) is 5.86. The van der Waals surface area contributed by atoms with Crippen molar-refractivity contribution in [1.82, 2.24) is 4.98 Å². The summed E-state index contributed by atoms with van der Waals surface area (Å²) in [6, 6.07) is 9.63. The van der Waals surface area contributed by atoms with Crippen molar-refractivity contribution < 1.29 is 4.79 Å². The number of amides is 1. The van der Waals surface area contributed by atoms with E-state index in [1.807, 2.05) is 18.2 Å². The van der Waals surface area contributed by atoms with Crippen LogP contribution in [0, 0.1) is 0 Å². The number of rotatable bonds is 1. The van der Waals surface area contributed by atoms with Crippen molar-refractivity contribution >= 4 is 17.3 Å². The van der Waals surface area contributed by atoms with Gasteiger partial charge in [-0.25, -0.2) is 0 Å². The molecule has 0 fully saturated rings. The van der Waals surface area contributed by atoms with Crippen molar-refractivity contribution in [3.63, 3.8) is 0 Å². The third kappa shape index (κ3) is 1.62. The normalized spacial score (nSPS) is 13.4. The number of hydrogen-bond acceptors (Lipinski definition) is 3. The molecule has 18 heavy (non-hydrogen) atoms. The predicted molar refractivity (Wildman–Crippen MR) is 70.5 cm³/mol. The molecule has 0 unspecified atom stereocenters. The number of pyridine rings is 1. The zero-order chi connectivity index (χ0) is 12.5. The molecule has 4 heteroatoms. The molecule has 90 valence electrons. The molecule has 4 nitrogen and oxygen atoms in total. The molecule has 1 aliphatic rings. The van der Waals surface area contributed by atoms with E-state index in [9.17, 15) is 4.79 Å². The fourth-order valence-electron chi connectivity index (χ4n) is 2.30. The zero-order valence-electron chi connectivity index (χ0n) is 9.84. The largest absolute Gasteiger partial charge is 0.397 e. The Labute approximate surface area is 105 Å². The Kier molecular flexibility index (Phi) is 2.48. The van der Waals surface area contributed by atoms with Gasteiger partial charge in [0.2, 0.25) is 0 Å². The van der Waals surface area contributed by atoms with Crippen LogP contribution in [0.5, 0.6) is 0 Å². The summed E-state index contributed by atoms with van der Waals surface area (Å²) in [5.74, 6) is -0.0557. The van der Waals surface area contributed by atoms with Gasteiger partial charge in [-0.1, -0.05) is 18.2 Å². The maximum absolute atomic E-state index is 12.4. The Morgan fingerprint density at radius 1 is 1.28 bits per heavy atom. The third-order valence-corrected chi connectivity index (χ3v) is 3.21. The summed E-state index contributed by atoms with van der Waals surface area (Å²) < 4.78 is 0. The molecule has 0 saturated heterocycles. The summed E-state index contributed by atoms with van der Waals surface area (Å²) in [5, 5.41) is 0. The van der Waals surface area contributed by atoms with E-state index < -0.39 is 0 Å². The molecule has 0 spiro atoms. The lowest BCUT2D eigenvalue weighted by Crippen LogP contribution is -2.29. The highest BCUT2D eigenvalue weighted by Gasteiger charge is 2.25. The second-order valence-electron chi connectivity index (χ2n) is 4.30. The van der Waals surface area contributed by atoms with Gasteiger partial charge in [0.25, 0.3) is 5.91 Å². The van der Waals surface area contributed by atoms with Gasteiger partial charge in [-0.3, -0.25) is 9.78 Å². The van der Waals surface area contributed by atoms with Gasteiger partial charge >= 0.3 is 0 Å². The molecule has 1 aliphatic heterocycles. The van der Waals surface area contributed by atoms with Gasteiger partial charge in [0.1, 0.15) is 0 Å². The van der Waals surface area contributed by atoms with E-state index in [0.29, 0.717) is 17.8 Å². The van der Waals surface area contributed by atoms with Gasteiger partial charge in [0.05, 0.1) is 17.4 Å². The van der Waals surface area contributed by atoms with Crippen molar-refractivity contribution in [3.05, 3.63) is 53.9 Å². The SMILES string of the molecule is Nc1cnccc1C(=O)N1CCc2ccccc21. The molecular formula is C14H13N3O. The topological polar surface area (TPSA) is 59.2 Å². The molecule has 1 aromatic carbocycles. The van der Waals surface area contributed by atoms with Crippen molar-refractivity contribution in [2.24, 2.45) is 0 Å². The van der Waals surface area contributed by atoms with Crippen LogP contribution in [0.3, 0.4) is 0 Å². The van der Waals surface area contributed by atoms with Crippen LogP contribution in [0.25, 0.3) is 0 Å². The van der Waals surface area contributed by atoms with Gasteiger partial charge in [-0.05, 0) is 24.1 Å². The van der Waals surface area contributed by atoms with E-state index in [1.54, 1.807) is 17.2 Å². The molecule has 1 aromatic heterocycles. The summed E-state index contributed by atoms with van der Waals surface area (Å²) in [7, 11) is 0. The number of nitrogens with two attached hydrogens (primary N) is 1. The lowest BCUT2D eigenvalue weighted by molar-refractivity contribution is 0.0990. The lowest BCUT2D eigenvalue weighted by Gasteiger charge is -2.18. The fraction of sp³-hybridized carbons (Fsp3) is 0.143. The molecule has 0 aliphatic carbocycles. The molecule has 3 rings (SSSR count). The molecule has 2 N–H and O–H groups in total. The predicted octanol–water partition coefficient (Wildman–Crippen LogP) is 1.87. The number of nitrogen functional groups attached to an aromatic ring is 1. The van der Waals surface area contributed by atoms with Crippen LogP contribution < -0.4 is 10.6 Å². The molecule has 0 radical (unpaired) electrons. The van der Waals surface area contributed by atoms with Gasteiger partial charge in [-0.2, -0.15) is 0 Å². The van der Waals surface area contributed by atoms with Crippen LogP contribution in [-0.2, 0) is 6.42 Å². The fourth-order valence-corrected chi connectivity index (χ4v) is 2.30. The average molecular weight is 239 g/mol. The van der Waals surface area contributed by atoms with E-state index in [0.717, 1.165) is 12.1 Å². The van der Waals surface area contributed by atoms with Crippen LogP contribution in [0.1, 0.15) is 15.9 Å². The maximum atomic E-state index is 12.4. The van der Waals surface area contributed by atoms with E-state index >= 15 is 0 Å². The van der Waals surface area contributed by atoms with Gasteiger partial charge in [0.15, 0.2) is 0 Å². The van der Waals surface area contributed by atoms with Crippen molar-refractivity contribution in [3.8, 4) is 0 Å². The quantitative estimate of drug-likeness (QED) is 0.826. The maximum Gasteiger partial charge on any atom is 0.260 e. The minimum atomic E-state index is -0.0557. The molecule has 1 amide bonds. The lowest BCUT2D eigenvalue weighted by atomic mass is 10.1. The highest BCUT2D eigenvalue weighted by atomic mass is 16.2. The second-order valence-corrected chi connectivity index (χ2v) is 4.30. The first-order chi connectivity index (χ1) is 8.77. The number of aromatic nitrogens is 1. The Morgan fingerprint density at radius 2 is 2.11 bits per heavy atom. The molecule has 0 saturated carbocycles. The van der Waals surface area contributed by atoms with Gasteiger partial charge in [0, 0.05) is 18.4 Å². The van der Waals surface area contributed by atoms with Crippen LogP contribution in [0.4, 0.5) is 11.4 Å². The first kappa shape index (κ1) is 10.8. The summed E-state index contributed by atoms with van der Waals surface area (Å²) in [6.45, 7) is 0.708. The van der Waals surface area contributed by atoms with E-state index in [4.69, 9.17) is 5.73 Å².